The van der Waals surface area contributed by atoms with E-state index in [1.807, 2.05) is 30.3 Å². The van der Waals surface area contributed by atoms with Gasteiger partial charge < -0.3 is 9.64 Å². The molecular formula is C20H24N2O2. The van der Waals surface area contributed by atoms with E-state index in [1.54, 1.807) is 0 Å². The molecular weight excluding hydrogens is 300 g/mol. The topological polar surface area (TPSA) is 32.8 Å². The first-order valence-electron chi connectivity index (χ1n) is 8.38. The summed E-state index contributed by atoms with van der Waals surface area (Å²) >= 11 is 0. The summed E-state index contributed by atoms with van der Waals surface area (Å²) in [6.07, 6.45) is 0. The Morgan fingerprint density at radius 2 is 1.58 bits per heavy atom. The Bertz CT molecular complexity index is 679. The van der Waals surface area contributed by atoms with Gasteiger partial charge in [-0.25, -0.2) is 4.79 Å². The molecule has 1 aliphatic heterocycles. The summed E-state index contributed by atoms with van der Waals surface area (Å²) in [5.74, 6) is -0.189. The zero-order valence-electron chi connectivity index (χ0n) is 14.3. The minimum atomic E-state index is -0.324. The highest BCUT2D eigenvalue weighted by Crippen LogP contribution is 2.26. The first-order chi connectivity index (χ1) is 11.7. The van der Waals surface area contributed by atoms with Crippen LogP contribution in [-0.4, -0.2) is 44.2 Å². The van der Waals surface area contributed by atoms with E-state index in [-0.39, 0.29) is 12.0 Å². The number of rotatable bonds is 4. The van der Waals surface area contributed by atoms with Gasteiger partial charge in [0.1, 0.15) is 6.04 Å². The molecule has 0 radical (unpaired) electrons. The van der Waals surface area contributed by atoms with Crippen LogP contribution in [0.2, 0.25) is 0 Å². The highest BCUT2D eigenvalue weighted by Gasteiger charge is 2.31. The molecule has 0 spiro atoms. The molecule has 3 rings (SSSR count). The third kappa shape index (κ3) is 3.44. The van der Waals surface area contributed by atoms with Gasteiger partial charge in [0.2, 0.25) is 0 Å². The molecule has 1 aliphatic rings. The molecule has 0 N–H and O–H groups in total. The fourth-order valence-electron chi connectivity index (χ4n) is 3.38. The number of hydrogen-bond acceptors (Lipinski definition) is 4. The molecule has 1 saturated heterocycles. The molecule has 4 heteroatoms. The second kappa shape index (κ2) is 7.49. The van der Waals surface area contributed by atoms with Gasteiger partial charge in [-0.2, -0.15) is 0 Å². The van der Waals surface area contributed by atoms with Gasteiger partial charge in [-0.15, -0.1) is 0 Å². The number of carbonyl (C=O) groups excluding carboxylic acids is 1. The quantitative estimate of drug-likeness (QED) is 0.809. The molecule has 4 nitrogen and oxygen atoms in total. The van der Waals surface area contributed by atoms with Crippen molar-refractivity contribution < 1.29 is 9.53 Å². The lowest BCUT2D eigenvalue weighted by molar-refractivity contribution is -0.147. The molecule has 1 heterocycles. The summed E-state index contributed by atoms with van der Waals surface area (Å²) in [7, 11) is 1.46. The van der Waals surface area contributed by atoms with Crippen LogP contribution >= 0.6 is 0 Å². The fourth-order valence-corrected chi connectivity index (χ4v) is 3.38. The molecule has 2 aromatic carbocycles. The molecule has 1 unspecified atom stereocenters. The SMILES string of the molecule is COC(=O)C(c1ccccc1)N1CCN(c2ccccc2C)CC1. The Kier molecular flexibility index (Phi) is 5.16. The summed E-state index contributed by atoms with van der Waals surface area (Å²) in [4.78, 5) is 17.0. The highest BCUT2D eigenvalue weighted by molar-refractivity contribution is 5.77. The maximum absolute atomic E-state index is 12.3. The standard InChI is InChI=1S/C20H24N2O2/c1-16-8-6-7-11-18(16)21-12-14-22(15-13-21)19(20(23)24-2)17-9-4-3-5-10-17/h3-11,19H,12-15H2,1-2H3. The second-order valence-corrected chi connectivity index (χ2v) is 6.15. The number of piperazine rings is 1. The number of methoxy groups -OCH3 is 1. The van der Waals surface area contributed by atoms with Crippen molar-refractivity contribution in [1.29, 1.82) is 0 Å². The van der Waals surface area contributed by atoms with E-state index < -0.39 is 0 Å². The van der Waals surface area contributed by atoms with Crippen molar-refractivity contribution in [2.45, 2.75) is 13.0 Å². The summed E-state index contributed by atoms with van der Waals surface area (Å²) < 4.78 is 5.06. The number of ether oxygens (including phenoxy) is 1. The zero-order valence-corrected chi connectivity index (χ0v) is 14.3. The number of aryl methyl sites for hydroxylation is 1. The van der Waals surface area contributed by atoms with Crippen molar-refractivity contribution in [3.8, 4) is 0 Å². The summed E-state index contributed by atoms with van der Waals surface area (Å²) in [5.41, 5.74) is 3.57. The summed E-state index contributed by atoms with van der Waals surface area (Å²) in [6, 6.07) is 18.0. The van der Waals surface area contributed by atoms with E-state index in [0.29, 0.717) is 0 Å². The van der Waals surface area contributed by atoms with E-state index in [1.165, 1.54) is 18.4 Å². The van der Waals surface area contributed by atoms with Crippen LogP contribution in [-0.2, 0) is 9.53 Å². The van der Waals surface area contributed by atoms with E-state index in [0.717, 1.165) is 31.7 Å². The van der Waals surface area contributed by atoms with Crippen LogP contribution in [0.15, 0.2) is 54.6 Å². The molecule has 1 fully saturated rings. The largest absolute Gasteiger partial charge is 0.468 e. The van der Waals surface area contributed by atoms with Crippen LogP contribution in [0.1, 0.15) is 17.2 Å². The van der Waals surface area contributed by atoms with Crippen LogP contribution in [0, 0.1) is 6.92 Å². The monoisotopic (exact) mass is 324 g/mol. The molecule has 24 heavy (non-hydrogen) atoms. The maximum Gasteiger partial charge on any atom is 0.327 e. The van der Waals surface area contributed by atoms with E-state index in [9.17, 15) is 4.79 Å². The third-order valence-corrected chi connectivity index (χ3v) is 4.68. The van der Waals surface area contributed by atoms with E-state index in [4.69, 9.17) is 4.74 Å². The second-order valence-electron chi connectivity index (χ2n) is 6.15. The van der Waals surface area contributed by atoms with Crippen molar-refractivity contribution in [1.82, 2.24) is 4.90 Å². The van der Waals surface area contributed by atoms with Crippen molar-refractivity contribution in [3.63, 3.8) is 0 Å². The fraction of sp³-hybridized carbons (Fsp3) is 0.350. The predicted molar refractivity (Wildman–Crippen MR) is 96.2 cm³/mol. The number of para-hydroxylation sites is 1. The highest BCUT2D eigenvalue weighted by atomic mass is 16.5. The average Bonchev–Trinajstić information content (AvgIpc) is 2.64. The van der Waals surface area contributed by atoms with Gasteiger partial charge >= 0.3 is 5.97 Å². The van der Waals surface area contributed by atoms with Gasteiger partial charge in [0.25, 0.3) is 0 Å². The zero-order chi connectivity index (χ0) is 16.9. The predicted octanol–water partition coefficient (Wildman–Crippen LogP) is 3.03. The first kappa shape index (κ1) is 16.5. The minimum Gasteiger partial charge on any atom is -0.468 e. The Labute approximate surface area is 143 Å². The Morgan fingerprint density at radius 3 is 2.21 bits per heavy atom. The van der Waals surface area contributed by atoms with Crippen LogP contribution in [0.3, 0.4) is 0 Å². The van der Waals surface area contributed by atoms with Crippen LogP contribution in [0.25, 0.3) is 0 Å². The first-order valence-corrected chi connectivity index (χ1v) is 8.38. The lowest BCUT2D eigenvalue weighted by atomic mass is 10.0. The molecule has 2 aromatic rings. The lowest BCUT2D eigenvalue weighted by Gasteiger charge is -2.39. The molecule has 0 bridgehead atoms. The van der Waals surface area contributed by atoms with Gasteiger partial charge in [0, 0.05) is 31.9 Å². The van der Waals surface area contributed by atoms with Gasteiger partial charge in [0.05, 0.1) is 7.11 Å². The lowest BCUT2D eigenvalue weighted by Crippen LogP contribution is -2.49. The number of nitrogens with zero attached hydrogens (tertiary/aromatic N) is 2. The Hall–Kier alpha value is -2.33. The number of hydrogen-bond donors (Lipinski definition) is 0. The van der Waals surface area contributed by atoms with Gasteiger partial charge in [-0.3, -0.25) is 4.90 Å². The van der Waals surface area contributed by atoms with Crippen molar-refractivity contribution in [2.75, 3.05) is 38.2 Å². The molecule has 126 valence electrons. The summed E-state index contributed by atoms with van der Waals surface area (Å²) in [6.45, 7) is 5.63. The number of anilines is 1. The third-order valence-electron chi connectivity index (χ3n) is 4.68. The van der Waals surface area contributed by atoms with Gasteiger partial charge in [-0.1, -0.05) is 48.5 Å². The molecule has 1 atom stereocenters. The van der Waals surface area contributed by atoms with Gasteiger partial charge in [0.15, 0.2) is 0 Å². The number of benzene rings is 2. The van der Waals surface area contributed by atoms with Gasteiger partial charge in [-0.05, 0) is 24.1 Å². The van der Waals surface area contributed by atoms with E-state index in [2.05, 4.69) is 41.0 Å². The Morgan fingerprint density at radius 1 is 0.958 bits per heavy atom. The molecule has 0 aromatic heterocycles. The smallest absolute Gasteiger partial charge is 0.327 e. The number of carbonyl (C=O) groups is 1. The van der Waals surface area contributed by atoms with Crippen molar-refractivity contribution in [2.24, 2.45) is 0 Å². The maximum atomic E-state index is 12.3. The normalized spacial score (nSPS) is 16.7. The van der Waals surface area contributed by atoms with Crippen LogP contribution in [0.4, 0.5) is 5.69 Å². The van der Waals surface area contributed by atoms with Crippen molar-refractivity contribution in [3.05, 3.63) is 65.7 Å². The minimum absolute atomic E-state index is 0.189. The van der Waals surface area contributed by atoms with Crippen LogP contribution in [0.5, 0.6) is 0 Å². The molecule has 0 aliphatic carbocycles. The van der Waals surface area contributed by atoms with E-state index >= 15 is 0 Å². The number of esters is 1. The molecule has 0 saturated carbocycles. The molecule has 0 amide bonds. The Balaban J connectivity index is 1.74. The van der Waals surface area contributed by atoms with Crippen molar-refractivity contribution >= 4 is 11.7 Å². The average molecular weight is 324 g/mol. The van der Waals surface area contributed by atoms with Crippen LogP contribution < -0.4 is 4.90 Å². The summed E-state index contributed by atoms with van der Waals surface area (Å²) in [5, 5.41) is 0.